The SMILES string of the molecule is CCC(CC)C(O)CNC(=O)c1ccnc(F)c1F. The van der Waals surface area contributed by atoms with E-state index in [1.165, 1.54) is 0 Å². The van der Waals surface area contributed by atoms with E-state index in [0.29, 0.717) is 0 Å². The highest BCUT2D eigenvalue weighted by molar-refractivity contribution is 5.94. The molecule has 0 aromatic carbocycles. The largest absolute Gasteiger partial charge is 0.391 e. The first-order chi connectivity index (χ1) is 9.01. The van der Waals surface area contributed by atoms with Gasteiger partial charge in [-0.15, -0.1) is 0 Å². The van der Waals surface area contributed by atoms with E-state index < -0.39 is 29.3 Å². The Morgan fingerprint density at radius 2 is 2.05 bits per heavy atom. The number of aliphatic hydroxyl groups is 1. The minimum atomic E-state index is -1.31. The van der Waals surface area contributed by atoms with Crippen LogP contribution in [0.3, 0.4) is 0 Å². The Kier molecular flexibility index (Phi) is 5.82. The maximum Gasteiger partial charge on any atom is 0.254 e. The lowest BCUT2D eigenvalue weighted by Gasteiger charge is -2.20. The molecule has 0 fully saturated rings. The molecule has 2 N–H and O–H groups in total. The zero-order valence-electron chi connectivity index (χ0n) is 11.0. The minimum absolute atomic E-state index is 0.00849. The van der Waals surface area contributed by atoms with Gasteiger partial charge in [0.25, 0.3) is 5.91 Å². The van der Waals surface area contributed by atoms with Crippen molar-refractivity contribution in [3.05, 3.63) is 29.6 Å². The molecular formula is C13H18F2N2O2. The molecule has 1 rings (SSSR count). The number of aliphatic hydroxyl groups excluding tert-OH is 1. The van der Waals surface area contributed by atoms with Crippen LogP contribution in [-0.2, 0) is 0 Å². The van der Waals surface area contributed by atoms with Crippen molar-refractivity contribution in [1.29, 1.82) is 0 Å². The van der Waals surface area contributed by atoms with Crippen molar-refractivity contribution in [2.45, 2.75) is 32.8 Å². The van der Waals surface area contributed by atoms with Crippen molar-refractivity contribution in [2.75, 3.05) is 6.54 Å². The number of pyridine rings is 1. The van der Waals surface area contributed by atoms with Crippen molar-refractivity contribution < 1.29 is 18.7 Å². The lowest BCUT2D eigenvalue weighted by atomic mass is 9.96. The van der Waals surface area contributed by atoms with Gasteiger partial charge in [0.15, 0.2) is 5.82 Å². The molecule has 6 heteroatoms. The van der Waals surface area contributed by atoms with Gasteiger partial charge in [-0.2, -0.15) is 4.39 Å². The number of aromatic nitrogens is 1. The van der Waals surface area contributed by atoms with E-state index in [4.69, 9.17) is 0 Å². The van der Waals surface area contributed by atoms with Crippen LogP contribution < -0.4 is 5.32 Å². The third-order valence-corrected chi connectivity index (χ3v) is 3.16. The van der Waals surface area contributed by atoms with Gasteiger partial charge in [-0.25, -0.2) is 9.37 Å². The van der Waals surface area contributed by atoms with Crippen molar-refractivity contribution in [3.63, 3.8) is 0 Å². The van der Waals surface area contributed by atoms with Gasteiger partial charge >= 0.3 is 0 Å². The molecule has 0 aliphatic heterocycles. The van der Waals surface area contributed by atoms with Gasteiger partial charge in [-0.05, 0) is 12.0 Å². The molecule has 1 unspecified atom stereocenters. The molecule has 0 radical (unpaired) electrons. The molecule has 106 valence electrons. The first-order valence-corrected chi connectivity index (χ1v) is 6.27. The van der Waals surface area contributed by atoms with Crippen molar-refractivity contribution in [2.24, 2.45) is 5.92 Å². The average molecular weight is 272 g/mol. The number of rotatable bonds is 6. The van der Waals surface area contributed by atoms with E-state index in [9.17, 15) is 18.7 Å². The molecular weight excluding hydrogens is 254 g/mol. The summed E-state index contributed by atoms with van der Waals surface area (Å²) in [5.41, 5.74) is -0.413. The van der Waals surface area contributed by atoms with Gasteiger partial charge in [0, 0.05) is 12.7 Å². The molecule has 0 saturated carbocycles. The van der Waals surface area contributed by atoms with Crippen LogP contribution in [0, 0.1) is 17.7 Å². The fraction of sp³-hybridized carbons (Fsp3) is 0.538. The molecule has 1 amide bonds. The Bertz CT molecular complexity index is 437. The predicted octanol–water partition coefficient (Wildman–Crippen LogP) is 1.89. The lowest BCUT2D eigenvalue weighted by Crippen LogP contribution is -2.36. The number of carbonyl (C=O) groups excluding carboxylic acids is 1. The Balaban J connectivity index is 2.63. The standard InChI is InChI=1S/C13H18F2N2O2/c1-3-8(4-2)10(18)7-17-13(19)9-5-6-16-12(15)11(9)14/h5-6,8,10,18H,3-4,7H2,1-2H3,(H,17,19). The number of hydrogen-bond donors (Lipinski definition) is 2. The van der Waals surface area contributed by atoms with E-state index in [1.54, 1.807) is 0 Å². The van der Waals surface area contributed by atoms with Crippen LogP contribution in [0.2, 0.25) is 0 Å². The fourth-order valence-electron chi connectivity index (χ4n) is 1.89. The van der Waals surface area contributed by atoms with Gasteiger partial charge in [-0.1, -0.05) is 26.7 Å². The van der Waals surface area contributed by atoms with Gasteiger partial charge in [-0.3, -0.25) is 4.79 Å². The highest BCUT2D eigenvalue weighted by Gasteiger charge is 2.19. The highest BCUT2D eigenvalue weighted by Crippen LogP contribution is 2.13. The van der Waals surface area contributed by atoms with Gasteiger partial charge in [0.1, 0.15) is 0 Å². The number of halogens is 2. The molecule has 0 aliphatic carbocycles. The van der Waals surface area contributed by atoms with Crippen molar-refractivity contribution in [3.8, 4) is 0 Å². The average Bonchev–Trinajstić information content (AvgIpc) is 2.40. The van der Waals surface area contributed by atoms with Crippen LogP contribution in [0.1, 0.15) is 37.0 Å². The first-order valence-electron chi connectivity index (χ1n) is 6.27. The van der Waals surface area contributed by atoms with E-state index in [2.05, 4.69) is 10.3 Å². The zero-order chi connectivity index (χ0) is 14.4. The lowest BCUT2D eigenvalue weighted by molar-refractivity contribution is 0.0812. The summed E-state index contributed by atoms with van der Waals surface area (Å²) in [7, 11) is 0. The topological polar surface area (TPSA) is 62.2 Å². The van der Waals surface area contributed by atoms with E-state index >= 15 is 0 Å². The van der Waals surface area contributed by atoms with E-state index in [1.807, 2.05) is 13.8 Å². The zero-order valence-corrected chi connectivity index (χ0v) is 11.0. The third kappa shape index (κ3) is 3.96. The molecule has 0 aliphatic rings. The molecule has 1 aromatic rings. The summed E-state index contributed by atoms with van der Waals surface area (Å²) >= 11 is 0. The Hall–Kier alpha value is -1.56. The number of amides is 1. The van der Waals surface area contributed by atoms with Crippen LogP contribution in [0.4, 0.5) is 8.78 Å². The smallest absolute Gasteiger partial charge is 0.254 e. The van der Waals surface area contributed by atoms with Gasteiger partial charge in [0.05, 0.1) is 11.7 Å². The van der Waals surface area contributed by atoms with E-state index in [0.717, 1.165) is 25.1 Å². The van der Waals surface area contributed by atoms with Crippen LogP contribution >= 0.6 is 0 Å². The normalized spacial score (nSPS) is 12.5. The van der Waals surface area contributed by atoms with Crippen LogP contribution in [0.25, 0.3) is 0 Å². The quantitative estimate of drug-likeness (QED) is 0.777. The summed E-state index contributed by atoms with van der Waals surface area (Å²) in [6, 6.07) is 1.09. The van der Waals surface area contributed by atoms with Crippen LogP contribution in [0.15, 0.2) is 12.3 Å². The maximum atomic E-state index is 13.3. The molecule has 19 heavy (non-hydrogen) atoms. The molecule has 4 nitrogen and oxygen atoms in total. The maximum absolute atomic E-state index is 13.3. The molecule has 0 spiro atoms. The monoisotopic (exact) mass is 272 g/mol. The molecule has 0 bridgehead atoms. The van der Waals surface area contributed by atoms with Crippen LogP contribution in [0.5, 0.6) is 0 Å². The second-order valence-corrected chi connectivity index (χ2v) is 4.32. The van der Waals surface area contributed by atoms with E-state index in [-0.39, 0.29) is 12.5 Å². The summed E-state index contributed by atoms with van der Waals surface area (Å²) in [4.78, 5) is 14.8. The Morgan fingerprint density at radius 3 is 2.63 bits per heavy atom. The number of hydrogen-bond acceptors (Lipinski definition) is 3. The van der Waals surface area contributed by atoms with Crippen molar-refractivity contribution >= 4 is 5.91 Å². The predicted molar refractivity (Wildman–Crippen MR) is 66.6 cm³/mol. The van der Waals surface area contributed by atoms with Crippen LogP contribution in [-0.4, -0.2) is 28.6 Å². The Labute approximate surface area is 110 Å². The summed E-state index contributed by atoms with van der Waals surface area (Å²) in [6.45, 7) is 3.89. The van der Waals surface area contributed by atoms with Gasteiger partial charge in [0.2, 0.25) is 5.95 Å². The molecule has 1 heterocycles. The summed E-state index contributed by atoms with van der Waals surface area (Å²) in [5, 5.41) is 12.2. The number of carbonyl (C=O) groups is 1. The fourth-order valence-corrected chi connectivity index (χ4v) is 1.89. The van der Waals surface area contributed by atoms with Gasteiger partial charge < -0.3 is 10.4 Å². The van der Waals surface area contributed by atoms with Crippen molar-refractivity contribution in [1.82, 2.24) is 10.3 Å². The second kappa shape index (κ2) is 7.13. The Morgan fingerprint density at radius 1 is 1.42 bits per heavy atom. The molecule has 1 atom stereocenters. The number of nitrogens with one attached hydrogen (secondary N) is 1. The first kappa shape index (κ1) is 15.5. The summed E-state index contributed by atoms with van der Waals surface area (Å²) in [6.07, 6.45) is 1.89. The highest BCUT2D eigenvalue weighted by atomic mass is 19.2. The summed E-state index contributed by atoms with van der Waals surface area (Å²) < 4.78 is 26.2. The third-order valence-electron chi connectivity index (χ3n) is 3.16. The minimum Gasteiger partial charge on any atom is -0.391 e. The second-order valence-electron chi connectivity index (χ2n) is 4.32. The molecule has 1 aromatic heterocycles. The number of nitrogens with zero attached hydrogens (tertiary/aromatic N) is 1. The summed E-state index contributed by atoms with van der Waals surface area (Å²) in [5.74, 6) is -3.28. The molecule has 0 saturated heterocycles.